The molecule has 0 aliphatic rings. The van der Waals surface area contributed by atoms with Crippen molar-refractivity contribution in [3.05, 3.63) is 59.4 Å². The Labute approximate surface area is 177 Å². The molecule has 0 aliphatic heterocycles. The third-order valence-corrected chi connectivity index (χ3v) is 5.30. The Bertz CT molecular complexity index is 1130. The van der Waals surface area contributed by atoms with Crippen LogP contribution in [-0.2, 0) is 4.79 Å². The van der Waals surface area contributed by atoms with Gasteiger partial charge in [0, 0.05) is 27.7 Å². The van der Waals surface area contributed by atoms with Crippen molar-refractivity contribution in [2.45, 2.75) is 5.22 Å². The van der Waals surface area contributed by atoms with Crippen LogP contribution in [-0.4, -0.2) is 31.2 Å². The minimum Gasteiger partial charge on any atom is -0.411 e. The maximum absolute atomic E-state index is 13.0. The monoisotopic (exact) mass is 447 g/mol. The summed E-state index contributed by atoms with van der Waals surface area (Å²) in [5, 5.41) is 11.8. The number of thioether (sulfide) groups is 1. The quantitative estimate of drug-likeness (QED) is 0.425. The zero-order valence-corrected chi connectivity index (χ0v) is 16.9. The molecule has 0 spiro atoms. The molecule has 1 N–H and O–H groups in total. The van der Waals surface area contributed by atoms with Crippen molar-refractivity contribution in [3.8, 4) is 22.8 Å². The van der Waals surface area contributed by atoms with Crippen molar-refractivity contribution in [2.24, 2.45) is 0 Å². The van der Waals surface area contributed by atoms with Gasteiger partial charge in [0.05, 0.1) is 5.75 Å². The summed E-state index contributed by atoms with van der Waals surface area (Å²) in [6.07, 6.45) is 0. The number of nitrogens with one attached hydrogen (secondary N) is 1. The Morgan fingerprint density at radius 3 is 2.59 bits per heavy atom. The van der Waals surface area contributed by atoms with Gasteiger partial charge in [-0.25, -0.2) is 4.39 Å². The molecule has 0 radical (unpaired) electrons. The lowest BCUT2D eigenvalue weighted by molar-refractivity contribution is -0.113. The lowest BCUT2D eigenvalue weighted by Crippen LogP contribution is -2.13. The maximum atomic E-state index is 13.0. The summed E-state index contributed by atoms with van der Waals surface area (Å²) in [6.45, 7) is 0. The number of carbonyl (C=O) groups excluding carboxylic acids is 1. The number of carbonyl (C=O) groups is 1. The van der Waals surface area contributed by atoms with Crippen molar-refractivity contribution < 1.29 is 13.6 Å². The summed E-state index contributed by atoms with van der Waals surface area (Å²) in [6, 6.07) is 12.8. The molecule has 0 unspecified atom stereocenters. The molecule has 0 bridgehead atoms. The van der Waals surface area contributed by atoms with E-state index in [-0.39, 0.29) is 22.7 Å². The van der Waals surface area contributed by atoms with E-state index in [9.17, 15) is 9.18 Å². The number of nitrogens with zero attached hydrogens (tertiary/aromatic N) is 4. The fraction of sp³-hybridized carbons (Fsp3) is 0.0556. The smallest absolute Gasteiger partial charge is 0.277 e. The fourth-order valence-electron chi connectivity index (χ4n) is 2.25. The molecule has 1 amide bonds. The molecule has 0 saturated carbocycles. The molecule has 4 rings (SSSR count). The van der Waals surface area contributed by atoms with E-state index in [4.69, 9.17) is 16.0 Å². The molecule has 0 fully saturated rings. The number of halogens is 2. The van der Waals surface area contributed by atoms with Crippen LogP contribution in [0.1, 0.15) is 0 Å². The third-order valence-electron chi connectivity index (χ3n) is 3.60. The first kappa shape index (κ1) is 19.5. The van der Waals surface area contributed by atoms with E-state index in [0.717, 1.165) is 28.9 Å². The van der Waals surface area contributed by atoms with Crippen LogP contribution in [0.25, 0.3) is 22.8 Å². The minimum atomic E-state index is -0.338. The van der Waals surface area contributed by atoms with Gasteiger partial charge in [0.15, 0.2) is 5.82 Å². The highest BCUT2D eigenvalue weighted by molar-refractivity contribution is 7.99. The van der Waals surface area contributed by atoms with Crippen LogP contribution >= 0.6 is 34.9 Å². The molecule has 146 valence electrons. The van der Waals surface area contributed by atoms with Gasteiger partial charge in [-0.05, 0) is 48.5 Å². The summed E-state index contributed by atoms with van der Waals surface area (Å²) in [5.41, 5.74) is 1.40. The second-order valence-corrected chi connectivity index (χ2v) is 7.76. The summed E-state index contributed by atoms with van der Waals surface area (Å²) < 4.78 is 22.7. The molecule has 0 saturated heterocycles. The highest BCUT2D eigenvalue weighted by atomic mass is 35.5. The first-order valence-corrected chi connectivity index (χ1v) is 10.3. The number of hydrogen-bond donors (Lipinski definition) is 1. The Kier molecular flexibility index (Phi) is 5.84. The molecule has 0 aliphatic carbocycles. The molecule has 11 heteroatoms. The predicted octanol–water partition coefficient (Wildman–Crippen LogP) is 4.78. The summed E-state index contributed by atoms with van der Waals surface area (Å²) in [7, 11) is 0. The zero-order chi connectivity index (χ0) is 20.2. The largest absolute Gasteiger partial charge is 0.411 e. The molecule has 2 heterocycles. The van der Waals surface area contributed by atoms with Crippen LogP contribution in [0, 0.1) is 5.82 Å². The van der Waals surface area contributed by atoms with Gasteiger partial charge >= 0.3 is 0 Å². The number of hydrogen-bond acceptors (Lipinski definition) is 8. The van der Waals surface area contributed by atoms with Gasteiger partial charge in [0.25, 0.3) is 5.22 Å². The molecular weight excluding hydrogens is 437 g/mol. The lowest BCUT2D eigenvalue weighted by atomic mass is 10.2. The van der Waals surface area contributed by atoms with Gasteiger partial charge < -0.3 is 4.42 Å². The summed E-state index contributed by atoms with van der Waals surface area (Å²) in [5.74, 6) is 0.200. The Morgan fingerprint density at radius 2 is 1.83 bits per heavy atom. The SMILES string of the molecule is O=C(CSc1nnc(-c2ccc(Cl)cc2)o1)Nc1nc(-c2ccc(F)cc2)ns1. The van der Waals surface area contributed by atoms with Crippen LogP contribution < -0.4 is 5.32 Å². The van der Waals surface area contributed by atoms with Crippen molar-refractivity contribution in [3.63, 3.8) is 0 Å². The van der Waals surface area contributed by atoms with E-state index in [1.54, 1.807) is 36.4 Å². The van der Waals surface area contributed by atoms with Crippen molar-refractivity contribution in [1.29, 1.82) is 0 Å². The first-order valence-electron chi connectivity index (χ1n) is 8.18. The Balaban J connectivity index is 1.33. The van der Waals surface area contributed by atoms with Crippen molar-refractivity contribution in [2.75, 3.05) is 11.1 Å². The third kappa shape index (κ3) is 4.97. The van der Waals surface area contributed by atoms with Gasteiger partial charge in [-0.1, -0.05) is 23.4 Å². The van der Waals surface area contributed by atoms with E-state index < -0.39 is 0 Å². The molecule has 2 aromatic heterocycles. The fourth-order valence-corrected chi connectivity index (χ4v) is 3.55. The minimum absolute atomic E-state index is 0.0632. The molecule has 29 heavy (non-hydrogen) atoms. The topological polar surface area (TPSA) is 93.8 Å². The standard InChI is InChI=1S/C18H11ClFN5O2S2/c19-12-5-1-11(2-6-12)16-23-24-18(27-16)28-9-14(26)21-17-22-15(25-29-17)10-3-7-13(20)8-4-10/h1-8H,9H2,(H,21,22,25,26). The van der Waals surface area contributed by atoms with Crippen molar-refractivity contribution >= 4 is 45.9 Å². The molecular formula is C18H11ClFN5O2S2. The molecule has 7 nitrogen and oxygen atoms in total. The average molecular weight is 448 g/mol. The van der Waals surface area contributed by atoms with Gasteiger partial charge in [0.1, 0.15) is 5.82 Å². The maximum Gasteiger partial charge on any atom is 0.277 e. The normalized spacial score (nSPS) is 10.8. The first-order chi connectivity index (χ1) is 14.1. The van der Waals surface area contributed by atoms with E-state index in [2.05, 4.69) is 24.9 Å². The van der Waals surface area contributed by atoms with E-state index in [1.165, 1.54) is 12.1 Å². The van der Waals surface area contributed by atoms with Gasteiger partial charge in [0.2, 0.25) is 16.9 Å². The van der Waals surface area contributed by atoms with E-state index in [0.29, 0.717) is 27.4 Å². The van der Waals surface area contributed by atoms with Crippen LogP contribution in [0.5, 0.6) is 0 Å². The number of anilines is 1. The summed E-state index contributed by atoms with van der Waals surface area (Å²) >= 11 is 8.01. The van der Waals surface area contributed by atoms with Gasteiger partial charge in [-0.2, -0.15) is 9.36 Å². The van der Waals surface area contributed by atoms with E-state index in [1.807, 2.05) is 0 Å². The van der Waals surface area contributed by atoms with Crippen LogP contribution in [0.2, 0.25) is 5.02 Å². The number of amides is 1. The van der Waals surface area contributed by atoms with Crippen LogP contribution in [0.4, 0.5) is 9.52 Å². The summed E-state index contributed by atoms with van der Waals surface area (Å²) in [4.78, 5) is 16.4. The Hall–Kier alpha value is -2.82. The average Bonchev–Trinajstić information content (AvgIpc) is 3.37. The van der Waals surface area contributed by atoms with Gasteiger partial charge in [-0.3, -0.25) is 10.1 Å². The molecule has 4 aromatic rings. The second kappa shape index (κ2) is 8.68. The lowest BCUT2D eigenvalue weighted by Gasteiger charge is -1.98. The molecule has 0 atom stereocenters. The van der Waals surface area contributed by atoms with Crippen LogP contribution in [0.15, 0.2) is 58.2 Å². The second-order valence-electron chi connectivity index (χ2n) is 5.65. The molecule has 2 aromatic carbocycles. The number of benzene rings is 2. The van der Waals surface area contributed by atoms with Gasteiger partial charge in [-0.15, -0.1) is 10.2 Å². The highest BCUT2D eigenvalue weighted by Crippen LogP contribution is 2.25. The predicted molar refractivity (Wildman–Crippen MR) is 109 cm³/mol. The van der Waals surface area contributed by atoms with Crippen molar-refractivity contribution in [1.82, 2.24) is 19.6 Å². The Morgan fingerprint density at radius 1 is 1.10 bits per heavy atom. The number of rotatable bonds is 6. The van der Waals surface area contributed by atoms with E-state index >= 15 is 0 Å². The number of aromatic nitrogens is 4. The zero-order valence-electron chi connectivity index (χ0n) is 14.5. The highest BCUT2D eigenvalue weighted by Gasteiger charge is 2.13. The van der Waals surface area contributed by atoms with Crippen LogP contribution in [0.3, 0.4) is 0 Å².